The first kappa shape index (κ1) is 15.8. The zero-order valence-corrected chi connectivity index (χ0v) is 11.5. The van der Waals surface area contributed by atoms with Gasteiger partial charge in [0, 0.05) is 30.9 Å². The Labute approximate surface area is 107 Å². The van der Waals surface area contributed by atoms with Crippen LogP contribution < -0.4 is 11.3 Å². The van der Waals surface area contributed by atoms with Crippen molar-refractivity contribution < 1.29 is 17.2 Å². The van der Waals surface area contributed by atoms with E-state index in [4.69, 9.17) is 5.84 Å². The van der Waals surface area contributed by atoms with E-state index in [1.165, 1.54) is 6.26 Å². The van der Waals surface area contributed by atoms with Crippen LogP contribution in [0, 0.1) is 5.92 Å². The van der Waals surface area contributed by atoms with Gasteiger partial charge in [-0.1, -0.05) is 0 Å². The standard InChI is InChI=1S/C11H22F2N2O2S/c1-18(16,17)8-2-3-10(15-14)9-4-6-11(12,13)7-5-9/h9-10,15H,2-8,14H2,1H3. The lowest BCUT2D eigenvalue weighted by molar-refractivity contribution is -0.0498. The molecule has 1 atom stereocenters. The van der Waals surface area contributed by atoms with Crippen molar-refractivity contribution in [3.8, 4) is 0 Å². The first-order valence-electron chi connectivity index (χ1n) is 6.25. The lowest BCUT2D eigenvalue weighted by Gasteiger charge is -2.33. The van der Waals surface area contributed by atoms with Crippen LogP contribution in [0.1, 0.15) is 38.5 Å². The van der Waals surface area contributed by atoms with Gasteiger partial charge in [0.2, 0.25) is 5.92 Å². The van der Waals surface area contributed by atoms with E-state index in [0.29, 0.717) is 25.7 Å². The summed E-state index contributed by atoms with van der Waals surface area (Å²) in [6.07, 6.45) is 3.02. The summed E-state index contributed by atoms with van der Waals surface area (Å²) < 4.78 is 48.1. The molecule has 0 bridgehead atoms. The molecule has 1 rings (SSSR count). The highest BCUT2D eigenvalue weighted by Gasteiger charge is 2.37. The molecule has 0 aromatic heterocycles. The third-order valence-corrected chi connectivity index (χ3v) is 4.61. The van der Waals surface area contributed by atoms with E-state index in [0.717, 1.165) is 0 Å². The molecule has 3 N–H and O–H groups in total. The highest BCUT2D eigenvalue weighted by atomic mass is 32.2. The lowest BCUT2D eigenvalue weighted by atomic mass is 9.81. The van der Waals surface area contributed by atoms with Gasteiger partial charge in [0.05, 0.1) is 0 Å². The first-order valence-corrected chi connectivity index (χ1v) is 8.31. The van der Waals surface area contributed by atoms with Gasteiger partial charge in [0.1, 0.15) is 9.84 Å². The Morgan fingerprint density at radius 1 is 1.39 bits per heavy atom. The minimum Gasteiger partial charge on any atom is -0.271 e. The maximum atomic E-state index is 13.0. The molecule has 0 saturated heterocycles. The van der Waals surface area contributed by atoms with E-state index in [1.54, 1.807) is 0 Å². The molecule has 0 aliphatic heterocycles. The Morgan fingerprint density at radius 2 is 1.94 bits per heavy atom. The third kappa shape index (κ3) is 5.58. The van der Waals surface area contributed by atoms with Crippen molar-refractivity contribution in [1.29, 1.82) is 0 Å². The average molecular weight is 284 g/mol. The summed E-state index contributed by atoms with van der Waals surface area (Å²) in [6, 6.07) is -0.0668. The normalized spacial score (nSPS) is 22.9. The predicted molar refractivity (Wildman–Crippen MR) is 67.0 cm³/mol. The van der Waals surface area contributed by atoms with Crippen molar-refractivity contribution in [3.05, 3.63) is 0 Å². The van der Waals surface area contributed by atoms with E-state index in [1.807, 2.05) is 0 Å². The zero-order chi connectivity index (χ0) is 13.8. The summed E-state index contributed by atoms with van der Waals surface area (Å²) in [5, 5.41) is 0. The van der Waals surface area contributed by atoms with Gasteiger partial charge in [-0.3, -0.25) is 11.3 Å². The number of hydrazine groups is 1. The molecule has 0 amide bonds. The second-order valence-corrected chi connectivity index (χ2v) is 7.50. The molecular formula is C11H22F2N2O2S. The van der Waals surface area contributed by atoms with Gasteiger partial charge < -0.3 is 0 Å². The van der Waals surface area contributed by atoms with E-state index in [-0.39, 0.29) is 30.6 Å². The monoisotopic (exact) mass is 284 g/mol. The fourth-order valence-electron chi connectivity index (χ4n) is 2.49. The molecule has 0 aromatic carbocycles. The second kappa shape index (κ2) is 6.25. The molecule has 1 aliphatic rings. The molecule has 18 heavy (non-hydrogen) atoms. The van der Waals surface area contributed by atoms with Gasteiger partial charge in [-0.2, -0.15) is 0 Å². The van der Waals surface area contributed by atoms with Gasteiger partial charge >= 0.3 is 0 Å². The molecule has 1 saturated carbocycles. The molecule has 0 aromatic rings. The summed E-state index contributed by atoms with van der Waals surface area (Å²) in [5.74, 6) is 3.13. The van der Waals surface area contributed by atoms with Crippen LogP contribution in [0.15, 0.2) is 0 Å². The number of nitrogens with one attached hydrogen (secondary N) is 1. The average Bonchev–Trinajstić information content (AvgIpc) is 2.24. The van der Waals surface area contributed by atoms with Gasteiger partial charge in [0.25, 0.3) is 0 Å². The van der Waals surface area contributed by atoms with Gasteiger partial charge in [-0.05, 0) is 31.6 Å². The van der Waals surface area contributed by atoms with Crippen LogP contribution >= 0.6 is 0 Å². The molecule has 1 fully saturated rings. The summed E-state index contributed by atoms with van der Waals surface area (Å²) >= 11 is 0. The van der Waals surface area contributed by atoms with Crippen LogP contribution in [0.5, 0.6) is 0 Å². The predicted octanol–water partition coefficient (Wildman–Crippen LogP) is 1.47. The first-order chi connectivity index (χ1) is 8.23. The fraction of sp³-hybridized carbons (Fsp3) is 1.00. The highest BCUT2D eigenvalue weighted by Crippen LogP contribution is 2.38. The Kier molecular flexibility index (Phi) is 5.48. The molecule has 1 unspecified atom stereocenters. The second-order valence-electron chi connectivity index (χ2n) is 5.24. The maximum Gasteiger partial charge on any atom is 0.248 e. The highest BCUT2D eigenvalue weighted by molar-refractivity contribution is 7.90. The van der Waals surface area contributed by atoms with Crippen LogP contribution in [0.2, 0.25) is 0 Å². The van der Waals surface area contributed by atoms with E-state index in [2.05, 4.69) is 5.43 Å². The molecule has 0 radical (unpaired) electrons. The summed E-state index contributed by atoms with van der Waals surface area (Å²) in [6.45, 7) is 0. The smallest absolute Gasteiger partial charge is 0.248 e. The van der Waals surface area contributed by atoms with Crippen molar-refractivity contribution in [2.75, 3.05) is 12.0 Å². The maximum absolute atomic E-state index is 13.0. The largest absolute Gasteiger partial charge is 0.271 e. The Bertz CT molecular complexity index is 350. The van der Waals surface area contributed by atoms with Crippen molar-refractivity contribution in [2.45, 2.75) is 50.5 Å². The SMILES string of the molecule is CS(=O)(=O)CCCC(NN)C1CCC(F)(F)CC1. The van der Waals surface area contributed by atoms with E-state index >= 15 is 0 Å². The van der Waals surface area contributed by atoms with Crippen LogP contribution in [0.3, 0.4) is 0 Å². The van der Waals surface area contributed by atoms with Crippen molar-refractivity contribution in [3.63, 3.8) is 0 Å². The number of halogens is 2. The summed E-state index contributed by atoms with van der Waals surface area (Å²) in [4.78, 5) is 0. The fourth-order valence-corrected chi connectivity index (χ4v) is 3.18. The van der Waals surface area contributed by atoms with Gasteiger partial charge in [-0.25, -0.2) is 17.2 Å². The van der Waals surface area contributed by atoms with E-state index in [9.17, 15) is 17.2 Å². The number of alkyl halides is 2. The van der Waals surface area contributed by atoms with E-state index < -0.39 is 15.8 Å². The molecule has 7 heteroatoms. The van der Waals surface area contributed by atoms with Crippen LogP contribution in [0.25, 0.3) is 0 Å². The number of nitrogens with two attached hydrogens (primary N) is 1. The molecule has 1 aliphatic carbocycles. The quantitative estimate of drug-likeness (QED) is 0.572. The summed E-state index contributed by atoms with van der Waals surface area (Å²) in [7, 11) is -2.97. The minimum atomic E-state index is -2.97. The van der Waals surface area contributed by atoms with Crippen LogP contribution in [0.4, 0.5) is 8.78 Å². The van der Waals surface area contributed by atoms with Crippen LogP contribution in [-0.2, 0) is 9.84 Å². The molecule has 108 valence electrons. The zero-order valence-electron chi connectivity index (χ0n) is 10.7. The third-order valence-electron chi connectivity index (χ3n) is 3.58. The van der Waals surface area contributed by atoms with Crippen molar-refractivity contribution in [2.24, 2.45) is 11.8 Å². The van der Waals surface area contributed by atoms with Gasteiger partial charge in [-0.15, -0.1) is 0 Å². The molecular weight excluding hydrogens is 262 g/mol. The minimum absolute atomic E-state index is 0.0668. The summed E-state index contributed by atoms with van der Waals surface area (Å²) in [5.41, 5.74) is 2.65. The molecule has 0 heterocycles. The lowest BCUT2D eigenvalue weighted by Crippen LogP contribution is -2.43. The Morgan fingerprint density at radius 3 is 2.39 bits per heavy atom. The molecule has 4 nitrogen and oxygen atoms in total. The number of sulfone groups is 1. The topological polar surface area (TPSA) is 72.2 Å². The van der Waals surface area contributed by atoms with Crippen molar-refractivity contribution in [1.82, 2.24) is 5.43 Å². The molecule has 0 spiro atoms. The number of hydrogen-bond donors (Lipinski definition) is 2. The van der Waals surface area contributed by atoms with Gasteiger partial charge in [0.15, 0.2) is 0 Å². The number of hydrogen-bond acceptors (Lipinski definition) is 4. The van der Waals surface area contributed by atoms with Crippen LogP contribution in [-0.4, -0.2) is 32.4 Å². The Hall–Kier alpha value is -0.270. The number of rotatable bonds is 6. The Balaban J connectivity index is 2.38. The van der Waals surface area contributed by atoms with Crippen molar-refractivity contribution >= 4 is 9.84 Å².